The van der Waals surface area contributed by atoms with Crippen LogP contribution < -0.4 is 9.61 Å². The van der Waals surface area contributed by atoms with Crippen molar-refractivity contribution in [2.24, 2.45) is 0 Å². The van der Waals surface area contributed by atoms with Crippen molar-refractivity contribution in [1.82, 2.24) is 0 Å². The van der Waals surface area contributed by atoms with Crippen molar-refractivity contribution < 1.29 is 4.43 Å². The smallest absolute Gasteiger partial charge is 0.351 e. The van der Waals surface area contributed by atoms with E-state index >= 15 is 0 Å². The summed E-state index contributed by atoms with van der Waals surface area (Å²) < 4.78 is 5.67. The SMILES string of the molecule is Cc1ccc(O[Si]c2ccccc2)cc1. The molecule has 0 aliphatic heterocycles. The maximum Gasteiger partial charge on any atom is 0.351 e. The molecule has 0 heterocycles. The van der Waals surface area contributed by atoms with Crippen LogP contribution in [0.5, 0.6) is 5.75 Å². The summed E-state index contributed by atoms with van der Waals surface area (Å²) in [7, 11) is 0.379. The van der Waals surface area contributed by atoms with Crippen LogP contribution in [0.3, 0.4) is 0 Å². The maximum atomic E-state index is 5.67. The standard InChI is InChI=1S/C13H12OSi/c1-11-7-9-12(10-8-11)14-15-13-5-3-2-4-6-13/h2-10H,1H3. The lowest BCUT2D eigenvalue weighted by molar-refractivity contribution is 0.604. The normalized spacial score (nSPS) is 9.93. The molecule has 0 saturated heterocycles. The van der Waals surface area contributed by atoms with E-state index in [2.05, 4.69) is 31.2 Å². The lowest BCUT2D eigenvalue weighted by Crippen LogP contribution is -2.19. The molecule has 2 aromatic carbocycles. The highest BCUT2D eigenvalue weighted by atomic mass is 28.2. The van der Waals surface area contributed by atoms with Gasteiger partial charge in [0.2, 0.25) is 0 Å². The van der Waals surface area contributed by atoms with Crippen LogP contribution in [0.4, 0.5) is 0 Å². The minimum Gasteiger partial charge on any atom is -0.536 e. The molecule has 0 fully saturated rings. The van der Waals surface area contributed by atoms with E-state index in [0.29, 0.717) is 9.76 Å². The minimum atomic E-state index is 0.379. The van der Waals surface area contributed by atoms with Crippen molar-refractivity contribution in [2.45, 2.75) is 6.92 Å². The molecule has 0 atom stereocenters. The van der Waals surface area contributed by atoms with Gasteiger partial charge in [-0.25, -0.2) is 0 Å². The van der Waals surface area contributed by atoms with Crippen LogP contribution in [0, 0.1) is 6.92 Å². The van der Waals surface area contributed by atoms with Gasteiger partial charge < -0.3 is 4.43 Å². The summed E-state index contributed by atoms with van der Waals surface area (Å²) in [5, 5.41) is 1.22. The zero-order valence-electron chi connectivity index (χ0n) is 8.60. The Morgan fingerprint density at radius 2 is 1.53 bits per heavy atom. The predicted octanol–water partition coefficient (Wildman–Crippen LogP) is 2.32. The predicted molar refractivity (Wildman–Crippen MR) is 63.6 cm³/mol. The molecule has 0 aliphatic carbocycles. The number of rotatable bonds is 3. The van der Waals surface area contributed by atoms with Crippen molar-refractivity contribution >= 4 is 14.9 Å². The topological polar surface area (TPSA) is 9.23 Å². The molecular formula is C13H12OSi. The highest BCUT2D eigenvalue weighted by molar-refractivity contribution is 6.47. The summed E-state index contributed by atoms with van der Waals surface area (Å²) in [5.74, 6) is 0.933. The lowest BCUT2D eigenvalue weighted by atomic mass is 10.2. The van der Waals surface area contributed by atoms with E-state index < -0.39 is 0 Å². The fourth-order valence-corrected chi connectivity index (χ4v) is 1.93. The van der Waals surface area contributed by atoms with Crippen molar-refractivity contribution in [3.8, 4) is 5.75 Å². The quantitative estimate of drug-likeness (QED) is 0.709. The van der Waals surface area contributed by atoms with Gasteiger partial charge in [0, 0.05) is 0 Å². The van der Waals surface area contributed by atoms with E-state index in [0.717, 1.165) is 5.75 Å². The van der Waals surface area contributed by atoms with Crippen LogP contribution in [0.1, 0.15) is 5.56 Å². The molecule has 1 nitrogen and oxygen atoms in total. The maximum absolute atomic E-state index is 5.67. The van der Waals surface area contributed by atoms with E-state index in [1.807, 2.05) is 30.3 Å². The number of benzene rings is 2. The van der Waals surface area contributed by atoms with Gasteiger partial charge in [-0.05, 0) is 24.2 Å². The second-order valence-corrected chi connectivity index (χ2v) is 4.37. The van der Waals surface area contributed by atoms with Gasteiger partial charge in [0.05, 0.1) is 0 Å². The number of hydrogen-bond donors (Lipinski definition) is 0. The first kappa shape index (κ1) is 9.99. The molecule has 0 saturated carbocycles. The second-order valence-electron chi connectivity index (χ2n) is 3.38. The molecular weight excluding hydrogens is 200 g/mol. The molecule has 2 heteroatoms. The Hall–Kier alpha value is -1.54. The Morgan fingerprint density at radius 1 is 0.867 bits per heavy atom. The van der Waals surface area contributed by atoms with E-state index in [4.69, 9.17) is 4.43 Å². The molecule has 2 rings (SSSR count). The molecule has 2 aromatic rings. The number of aryl methyl sites for hydroxylation is 1. The zero-order chi connectivity index (χ0) is 10.5. The molecule has 0 bridgehead atoms. The van der Waals surface area contributed by atoms with Gasteiger partial charge in [-0.1, -0.05) is 48.0 Å². The van der Waals surface area contributed by atoms with Crippen LogP contribution in [0.2, 0.25) is 0 Å². The van der Waals surface area contributed by atoms with Crippen LogP contribution in [-0.2, 0) is 0 Å². The Bertz CT molecular complexity index is 408. The monoisotopic (exact) mass is 212 g/mol. The Morgan fingerprint density at radius 3 is 2.20 bits per heavy atom. The third kappa shape index (κ3) is 2.96. The first-order valence-corrected chi connectivity index (χ1v) is 5.80. The highest BCUT2D eigenvalue weighted by Crippen LogP contribution is 2.10. The third-order valence-electron chi connectivity index (χ3n) is 2.08. The van der Waals surface area contributed by atoms with Crippen LogP contribution >= 0.6 is 0 Å². The first-order chi connectivity index (χ1) is 7.34. The van der Waals surface area contributed by atoms with Gasteiger partial charge in [-0.2, -0.15) is 0 Å². The Balaban J connectivity index is 1.96. The van der Waals surface area contributed by atoms with Crippen LogP contribution in [-0.4, -0.2) is 9.76 Å². The van der Waals surface area contributed by atoms with Gasteiger partial charge >= 0.3 is 9.76 Å². The summed E-state index contributed by atoms with van der Waals surface area (Å²) in [6, 6.07) is 18.4. The molecule has 0 spiro atoms. The summed E-state index contributed by atoms with van der Waals surface area (Å²) >= 11 is 0. The fraction of sp³-hybridized carbons (Fsp3) is 0.0769. The first-order valence-electron chi connectivity index (χ1n) is 4.89. The average molecular weight is 212 g/mol. The van der Waals surface area contributed by atoms with E-state index in [1.165, 1.54) is 10.8 Å². The second kappa shape index (κ2) is 4.80. The summed E-state index contributed by atoms with van der Waals surface area (Å²) in [5.41, 5.74) is 1.25. The molecule has 74 valence electrons. The van der Waals surface area contributed by atoms with E-state index in [-0.39, 0.29) is 0 Å². The van der Waals surface area contributed by atoms with Crippen LogP contribution in [0.15, 0.2) is 54.6 Å². The van der Waals surface area contributed by atoms with Crippen LogP contribution in [0.25, 0.3) is 0 Å². The zero-order valence-corrected chi connectivity index (χ0v) is 9.60. The van der Waals surface area contributed by atoms with Gasteiger partial charge in [0.25, 0.3) is 0 Å². The van der Waals surface area contributed by atoms with Crippen molar-refractivity contribution in [2.75, 3.05) is 0 Å². The lowest BCUT2D eigenvalue weighted by Gasteiger charge is -2.04. The van der Waals surface area contributed by atoms with E-state index in [1.54, 1.807) is 0 Å². The Labute approximate surface area is 92.7 Å². The molecule has 0 amide bonds. The molecule has 0 unspecified atom stereocenters. The number of hydrogen-bond acceptors (Lipinski definition) is 1. The Kier molecular flexibility index (Phi) is 3.20. The van der Waals surface area contributed by atoms with Crippen molar-refractivity contribution in [1.29, 1.82) is 0 Å². The largest absolute Gasteiger partial charge is 0.536 e. The average Bonchev–Trinajstić information content (AvgIpc) is 2.30. The summed E-state index contributed by atoms with van der Waals surface area (Å²) in [4.78, 5) is 0. The fourth-order valence-electron chi connectivity index (χ4n) is 1.23. The molecule has 15 heavy (non-hydrogen) atoms. The molecule has 2 radical (unpaired) electrons. The van der Waals surface area contributed by atoms with Crippen molar-refractivity contribution in [3.63, 3.8) is 0 Å². The molecule has 0 aliphatic rings. The third-order valence-corrected chi connectivity index (χ3v) is 2.99. The van der Waals surface area contributed by atoms with Gasteiger partial charge in [0.15, 0.2) is 0 Å². The van der Waals surface area contributed by atoms with E-state index in [9.17, 15) is 0 Å². The summed E-state index contributed by atoms with van der Waals surface area (Å²) in [6.07, 6.45) is 0. The van der Waals surface area contributed by atoms with Gasteiger partial charge in [-0.15, -0.1) is 0 Å². The minimum absolute atomic E-state index is 0.379. The van der Waals surface area contributed by atoms with Crippen molar-refractivity contribution in [3.05, 3.63) is 60.2 Å². The van der Waals surface area contributed by atoms with Gasteiger partial charge in [0.1, 0.15) is 5.75 Å². The highest BCUT2D eigenvalue weighted by Gasteiger charge is 1.97. The van der Waals surface area contributed by atoms with Gasteiger partial charge in [-0.3, -0.25) is 0 Å². The molecule has 0 aromatic heterocycles. The summed E-state index contributed by atoms with van der Waals surface area (Å²) in [6.45, 7) is 2.07. The molecule has 0 N–H and O–H groups in total.